The number of halogens is 1. The van der Waals surface area contributed by atoms with Gasteiger partial charge < -0.3 is 14.8 Å². The number of hydrogen-bond acceptors (Lipinski definition) is 5. The minimum atomic E-state index is -0.325. The van der Waals surface area contributed by atoms with E-state index in [4.69, 9.17) is 21.1 Å². The lowest BCUT2D eigenvalue weighted by molar-refractivity contribution is -0.116. The van der Waals surface area contributed by atoms with E-state index in [9.17, 15) is 14.4 Å². The van der Waals surface area contributed by atoms with E-state index >= 15 is 0 Å². The highest BCUT2D eigenvalue weighted by atomic mass is 35.5. The summed E-state index contributed by atoms with van der Waals surface area (Å²) < 4.78 is 10.4. The summed E-state index contributed by atoms with van der Waals surface area (Å²) in [4.78, 5) is 38.4. The molecule has 0 unspecified atom stereocenters. The Hall–Kier alpha value is -3.06. The summed E-state index contributed by atoms with van der Waals surface area (Å²) in [5.74, 6) is -0.0820. The number of methoxy groups -OCH3 is 2. The molecule has 1 aliphatic heterocycles. The highest BCUT2D eigenvalue weighted by Gasteiger charge is 2.34. The summed E-state index contributed by atoms with van der Waals surface area (Å²) in [6, 6.07) is 8.30. The molecule has 3 amide bonds. The van der Waals surface area contributed by atoms with Crippen molar-refractivity contribution in [1.82, 2.24) is 4.90 Å². The summed E-state index contributed by atoms with van der Waals surface area (Å²) in [6.45, 7) is 2.03. The summed E-state index contributed by atoms with van der Waals surface area (Å²) in [7, 11) is 2.96. The topological polar surface area (TPSA) is 84.9 Å². The van der Waals surface area contributed by atoms with Crippen molar-refractivity contribution in [2.45, 2.75) is 19.8 Å². The number of rotatable bonds is 7. The predicted molar refractivity (Wildman–Crippen MR) is 109 cm³/mol. The number of hydrogen-bond donors (Lipinski definition) is 1. The predicted octanol–water partition coefficient (Wildman–Crippen LogP) is 3.68. The van der Waals surface area contributed by atoms with Crippen LogP contribution in [0.4, 0.5) is 5.69 Å². The molecule has 1 N–H and O–H groups in total. The molecular formula is C21H21ClN2O5. The van der Waals surface area contributed by atoms with Crippen LogP contribution < -0.4 is 14.8 Å². The molecule has 29 heavy (non-hydrogen) atoms. The minimum absolute atomic E-state index is 0.124. The molecule has 2 aromatic carbocycles. The Balaban J connectivity index is 1.59. The van der Waals surface area contributed by atoms with Crippen molar-refractivity contribution in [3.63, 3.8) is 0 Å². The van der Waals surface area contributed by atoms with Gasteiger partial charge in [0, 0.05) is 19.0 Å². The smallest absolute Gasteiger partial charge is 0.261 e. The zero-order valence-electron chi connectivity index (χ0n) is 16.4. The van der Waals surface area contributed by atoms with Gasteiger partial charge in [-0.05, 0) is 31.5 Å². The fourth-order valence-electron chi connectivity index (χ4n) is 3.18. The zero-order chi connectivity index (χ0) is 21.1. The molecule has 0 radical (unpaired) electrons. The molecule has 152 valence electrons. The molecule has 3 rings (SSSR count). The first kappa shape index (κ1) is 20.7. The maximum atomic E-state index is 12.5. The molecule has 0 fully saturated rings. The molecule has 0 bridgehead atoms. The molecule has 0 atom stereocenters. The average molecular weight is 417 g/mol. The van der Waals surface area contributed by atoms with Crippen LogP contribution in [-0.4, -0.2) is 43.4 Å². The van der Waals surface area contributed by atoms with Crippen LogP contribution in [0.1, 0.15) is 39.1 Å². The van der Waals surface area contributed by atoms with Gasteiger partial charge in [-0.3, -0.25) is 19.3 Å². The highest BCUT2D eigenvalue weighted by molar-refractivity contribution is 6.32. The lowest BCUT2D eigenvalue weighted by atomic mass is 10.1. The van der Waals surface area contributed by atoms with Gasteiger partial charge in [-0.1, -0.05) is 23.2 Å². The van der Waals surface area contributed by atoms with Crippen molar-refractivity contribution >= 4 is 35.0 Å². The number of imide groups is 1. The van der Waals surface area contributed by atoms with Crippen molar-refractivity contribution in [3.8, 4) is 11.5 Å². The van der Waals surface area contributed by atoms with E-state index in [-0.39, 0.29) is 30.7 Å². The van der Waals surface area contributed by atoms with E-state index in [1.54, 1.807) is 30.3 Å². The maximum absolute atomic E-state index is 12.5. The second kappa shape index (κ2) is 8.53. The molecule has 0 spiro atoms. The van der Waals surface area contributed by atoms with Gasteiger partial charge >= 0.3 is 0 Å². The van der Waals surface area contributed by atoms with Crippen LogP contribution in [0.5, 0.6) is 11.5 Å². The third kappa shape index (κ3) is 4.19. The van der Waals surface area contributed by atoms with Gasteiger partial charge in [0.2, 0.25) is 5.91 Å². The van der Waals surface area contributed by atoms with Gasteiger partial charge in [0.05, 0.1) is 36.1 Å². The first-order valence-electron chi connectivity index (χ1n) is 9.04. The maximum Gasteiger partial charge on any atom is 0.261 e. The molecule has 1 aliphatic rings. The fraction of sp³-hybridized carbons (Fsp3) is 0.286. The first-order chi connectivity index (χ1) is 13.8. The number of ether oxygens (including phenoxy) is 2. The summed E-state index contributed by atoms with van der Waals surface area (Å²) in [6.07, 6.45) is 0.460. The van der Waals surface area contributed by atoms with Crippen molar-refractivity contribution in [3.05, 3.63) is 52.0 Å². The van der Waals surface area contributed by atoms with Gasteiger partial charge in [-0.15, -0.1) is 0 Å². The largest absolute Gasteiger partial charge is 0.495 e. The summed E-state index contributed by atoms with van der Waals surface area (Å²) in [5.41, 5.74) is 2.15. The first-order valence-corrected chi connectivity index (χ1v) is 9.41. The third-order valence-electron chi connectivity index (χ3n) is 4.66. The lowest BCUT2D eigenvalue weighted by Gasteiger charge is -2.15. The average Bonchev–Trinajstić information content (AvgIpc) is 2.92. The second-order valence-electron chi connectivity index (χ2n) is 6.65. The van der Waals surface area contributed by atoms with E-state index < -0.39 is 0 Å². The van der Waals surface area contributed by atoms with Crippen molar-refractivity contribution in [2.75, 3.05) is 26.1 Å². The molecule has 8 heteroatoms. The Morgan fingerprint density at radius 2 is 1.72 bits per heavy atom. The molecule has 0 saturated carbocycles. The molecule has 0 aromatic heterocycles. The van der Waals surface area contributed by atoms with E-state index in [2.05, 4.69) is 5.32 Å². The number of nitrogens with one attached hydrogen (secondary N) is 1. The quantitative estimate of drug-likeness (QED) is 0.696. The number of aryl methyl sites for hydroxylation is 1. The van der Waals surface area contributed by atoms with E-state index in [0.29, 0.717) is 39.8 Å². The van der Waals surface area contributed by atoms with Crippen LogP contribution in [0.3, 0.4) is 0 Å². The lowest BCUT2D eigenvalue weighted by Crippen LogP contribution is -2.31. The normalized spacial score (nSPS) is 12.8. The van der Waals surface area contributed by atoms with Crippen LogP contribution in [0.25, 0.3) is 0 Å². The van der Waals surface area contributed by atoms with Crippen LogP contribution in [0, 0.1) is 6.92 Å². The molecule has 2 aromatic rings. The Labute approximate surface area is 173 Å². The Bertz CT molecular complexity index is 989. The molecule has 0 aliphatic carbocycles. The summed E-state index contributed by atoms with van der Waals surface area (Å²) in [5, 5.41) is 3.07. The number of fused-ring (bicyclic) bond motifs is 1. The van der Waals surface area contributed by atoms with E-state index in [1.807, 2.05) is 6.92 Å². The van der Waals surface area contributed by atoms with E-state index in [0.717, 1.165) is 5.56 Å². The van der Waals surface area contributed by atoms with Gasteiger partial charge in [-0.25, -0.2) is 0 Å². The van der Waals surface area contributed by atoms with Crippen LogP contribution in [0.15, 0.2) is 30.3 Å². The molecule has 1 heterocycles. The number of nitrogens with zero attached hydrogens (tertiary/aromatic N) is 1. The number of carbonyl (C=O) groups excluding carboxylic acids is 3. The fourth-order valence-corrected chi connectivity index (χ4v) is 3.42. The molecular weight excluding hydrogens is 396 g/mol. The third-order valence-corrected chi connectivity index (χ3v) is 4.96. The summed E-state index contributed by atoms with van der Waals surface area (Å²) >= 11 is 6.11. The van der Waals surface area contributed by atoms with Gasteiger partial charge in [0.25, 0.3) is 11.8 Å². The van der Waals surface area contributed by atoms with Crippen LogP contribution in [0.2, 0.25) is 5.02 Å². The van der Waals surface area contributed by atoms with Gasteiger partial charge in [-0.2, -0.15) is 0 Å². The van der Waals surface area contributed by atoms with Crippen LogP contribution >= 0.6 is 11.6 Å². The van der Waals surface area contributed by atoms with Gasteiger partial charge in [0.1, 0.15) is 11.5 Å². The molecule has 0 saturated heterocycles. The highest BCUT2D eigenvalue weighted by Crippen LogP contribution is 2.36. The van der Waals surface area contributed by atoms with Crippen LogP contribution in [-0.2, 0) is 4.79 Å². The van der Waals surface area contributed by atoms with Crippen molar-refractivity contribution < 1.29 is 23.9 Å². The Morgan fingerprint density at radius 1 is 1.03 bits per heavy atom. The number of anilines is 1. The Morgan fingerprint density at radius 3 is 2.41 bits per heavy atom. The number of benzene rings is 2. The zero-order valence-corrected chi connectivity index (χ0v) is 17.1. The second-order valence-corrected chi connectivity index (χ2v) is 7.06. The monoisotopic (exact) mass is 416 g/mol. The number of carbonyl (C=O) groups is 3. The van der Waals surface area contributed by atoms with Crippen molar-refractivity contribution in [2.24, 2.45) is 0 Å². The standard InChI is InChI=1S/C21H21ClN2O5/c1-12-6-7-13-14(9-12)21(27)24(20(13)26)8-4-5-19(25)23-16-10-15(22)17(28-2)11-18(16)29-3/h6-7,9-11H,4-5,8H2,1-3H3,(H,23,25). The van der Waals surface area contributed by atoms with Gasteiger partial charge in [0.15, 0.2) is 0 Å². The molecule has 7 nitrogen and oxygen atoms in total. The van der Waals surface area contributed by atoms with E-state index in [1.165, 1.54) is 19.1 Å². The van der Waals surface area contributed by atoms with Crippen molar-refractivity contribution in [1.29, 1.82) is 0 Å². The number of amides is 3. The minimum Gasteiger partial charge on any atom is -0.495 e. The SMILES string of the molecule is COc1cc(OC)c(NC(=O)CCCN2C(=O)c3ccc(C)cc3C2=O)cc1Cl. The Kier molecular flexibility index (Phi) is 6.08.